The summed E-state index contributed by atoms with van der Waals surface area (Å²) in [7, 11) is 0. The number of fused-ring (bicyclic) bond motifs is 1. The highest BCUT2D eigenvalue weighted by Gasteiger charge is 2.05. The van der Waals surface area contributed by atoms with Crippen LogP contribution in [0.5, 0.6) is 5.75 Å². The SMILES string of the molecule is NC(=O)Cc1cccc2c(O)cccc12. The minimum atomic E-state index is -0.370. The molecule has 0 fully saturated rings. The van der Waals surface area contributed by atoms with Crippen LogP contribution in [0.15, 0.2) is 36.4 Å². The number of nitrogens with two attached hydrogens (primary N) is 1. The molecule has 0 unspecified atom stereocenters. The predicted molar refractivity (Wildman–Crippen MR) is 58.5 cm³/mol. The minimum absolute atomic E-state index is 0.195. The molecular formula is C12H11NO2. The molecule has 15 heavy (non-hydrogen) atoms. The van der Waals surface area contributed by atoms with Crippen molar-refractivity contribution in [2.45, 2.75) is 6.42 Å². The van der Waals surface area contributed by atoms with Crippen LogP contribution in [0.4, 0.5) is 0 Å². The second-order valence-electron chi connectivity index (χ2n) is 3.43. The molecule has 1 amide bonds. The van der Waals surface area contributed by atoms with E-state index in [-0.39, 0.29) is 18.1 Å². The number of aromatic hydroxyl groups is 1. The van der Waals surface area contributed by atoms with Gasteiger partial charge in [-0.05, 0) is 17.0 Å². The van der Waals surface area contributed by atoms with E-state index in [0.29, 0.717) is 0 Å². The third kappa shape index (κ3) is 1.76. The zero-order valence-electron chi connectivity index (χ0n) is 8.10. The molecule has 0 heterocycles. The quantitative estimate of drug-likeness (QED) is 0.774. The van der Waals surface area contributed by atoms with Crippen LogP contribution in [0, 0.1) is 0 Å². The van der Waals surface area contributed by atoms with Crippen molar-refractivity contribution in [3.63, 3.8) is 0 Å². The lowest BCUT2D eigenvalue weighted by Crippen LogP contribution is -2.13. The van der Waals surface area contributed by atoms with Gasteiger partial charge in [0, 0.05) is 5.39 Å². The first kappa shape index (κ1) is 9.52. The van der Waals surface area contributed by atoms with E-state index in [4.69, 9.17) is 5.73 Å². The van der Waals surface area contributed by atoms with Crippen molar-refractivity contribution in [1.29, 1.82) is 0 Å². The highest BCUT2D eigenvalue weighted by molar-refractivity contribution is 5.93. The Morgan fingerprint density at radius 2 is 1.80 bits per heavy atom. The summed E-state index contributed by atoms with van der Waals surface area (Å²) in [5, 5.41) is 11.2. The average Bonchev–Trinajstić information content (AvgIpc) is 2.19. The topological polar surface area (TPSA) is 63.3 Å². The van der Waals surface area contributed by atoms with E-state index < -0.39 is 0 Å². The number of phenolic OH excluding ortho intramolecular Hbond substituents is 1. The van der Waals surface area contributed by atoms with Crippen LogP contribution in [0.1, 0.15) is 5.56 Å². The summed E-state index contributed by atoms with van der Waals surface area (Å²) >= 11 is 0. The Bertz CT molecular complexity index is 520. The molecule has 0 aliphatic carbocycles. The van der Waals surface area contributed by atoms with Crippen LogP contribution < -0.4 is 5.73 Å². The Balaban J connectivity index is 2.65. The van der Waals surface area contributed by atoms with Crippen molar-refractivity contribution in [2.24, 2.45) is 5.73 Å². The van der Waals surface area contributed by atoms with Gasteiger partial charge in [-0.15, -0.1) is 0 Å². The van der Waals surface area contributed by atoms with Crippen molar-refractivity contribution in [2.75, 3.05) is 0 Å². The number of hydrogen-bond donors (Lipinski definition) is 2. The Morgan fingerprint density at radius 3 is 2.53 bits per heavy atom. The summed E-state index contributed by atoms with van der Waals surface area (Å²) < 4.78 is 0. The standard InChI is InChI=1S/C12H11NO2/c13-12(15)7-8-3-1-5-10-9(8)4-2-6-11(10)14/h1-6,14H,7H2,(H2,13,15). The number of carbonyl (C=O) groups is 1. The largest absolute Gasteiger partial charge is 0.507 e. The zero-order chi connectivity index (χ0) is 10.8. The molecule has 2 aromatic rings. The molecular weight excluding hydrogens is 190 g/mol. The van der Waals surface area contributed by atoms with E-state index in [1.807, 2.05) is 18.2 Å². The molecule has 3 N–H and O–H groups in total. The first-order valence-corrected chi connectivity index (χ1v) is 4.66. The zero-order valence-corrected chi connectivity index (χ0v) is 8.10. The van der Waals surface area contributed by atoms with Crippen molar-refractivity contribution < 1.29 is 9.90 Å². The van der Waals surface area contributed by atoms with Crippen LogP contribution in [0.25, 0.3) is 10.8 Å². The highest BCUT2D eigenvalue weighted by Crippen LogP contribution is 2.26. The number of hydrogen-bond acceptors (Lipinski definition) is 2. The minimum Gasteiger partial charge on any atom is -0.507 e. The summed E-state index contributed by atoms with van der Waals surface area (Å²) in [6.45, 7) is 0. The number of carbonyl (C=O) groups excluding carboxylic acids is 1. The van der Waals surface area contributed by atoms with Crippen molar-refractivity contribution in [1.82, 2.24) is 0 Å². The molecule has 0 atom stereocenters. The monoisotopic (exact) mass is 201 g/mol. The number of benzene rings is 2. The lowest BCUT2D eigenvalue weighted by Gasteiger charge is -2.05. The molecule has 0 saturated heterocycles. The van der Waals surface area contributed by atoms with Crippen LogP contribution >= 0.6 is 0 Å². The first-order valence-electron chi connectivity index (χ1n) is 4.66. The second kappa shape index (κ2) is 3.61. The van der Waals surface area contributed by atoms with Crippen molar-refractivity contribution in [3.8, 4) is 5.75 Å². The molecule has 0 bridgehead atoms. The van der Waals surface area contributed by atoms with Gasteiger partial charge in [-0.25, -0.2) is 0 Å². The Labute approximate surface area is 87.1 Å². The van der Waals surface area contributed by atoms with Crippen LogP contribution in [0.2, 0.25) is 0 Å². The number of phenols is 1. The Kier molecular flexibility index (Phi) is 2.29. The summed E-state index contributed by atoms with van der Waals surface area (Å²) in [5.74, 6) is -0.148. The van der Waals surface area contributed by atoms with Crippen molar-refractivity contribution in [3.05, 3.63) is 42.0 Å². The van der Waals surface area contributed by atoms with E-state index in [1.54, 1.807) is 18.2 Å². The molecule has 0 spiro atoms. The highest BCUT2D eigenvalue weighted by atomic mass is 16.3. The molecule has 3 heteroatoms. The third-order valence-electron chi connectivity index (χ3n) is 2.35. The summed E-state index contributed by atoms with van der Waals surface area (Å²) in [4.78, 5) is 10.9. The van der Waals surface area contributed by atoms with E-state index in [0.717, 1.165) is 16.3 Å². The maximum atomic E-state index is 10.9. The molecule has 76 valence electrons. The molecule has 0 aliphatic heterocycles. The maximum absolute atomic E-state index is 10.9. The smallest absolute Gasteiger partial charge is 0.221 e. The van der Waals surface area contributed by atoms with Crippen LogP contribution in [0.3, 0.4) is 0 Å². The van der Waals surface area contributed by atoms with Gasteiger partial charge in [0.25, 0.3) is 0 Å². The van der Waals surface area contributed by atoms with Gasteiger partial charge in [0.1, 0.15) is 5.75 Å². The van der Waals surface area contributed by atoms with E-state index >= 15 is 0 Å². The normalized spacial score (nSPS) is 10.4. The molecule has 0 aliphatic rings. The number of primary amides is 1. The summed E-state index contributed by atoms with van der Waals surface area (Å²) in [5.41, 5.74) is 6.00. The molecule has 0 saturated carbocycles. The third-order valence-corrected chi connectivity index (χ3v) is 2.35. The molecule has 2 aromatic carbocycles. The van der Waals surface area contributed by atoms with Gasteiger partial charge < -0.3 is 10.8 Å². The summed E-state index contributed by atoms with van der Waals surface area (Å²) in [6.07, 6.45) is 0.195. The van der Waals surface area contributed by atoms with Gasteiger partial charge in [-0.3, -0.25) is 4.79 Å². The molecule has 3 nitrogen and oxygen atoms in total. The van der Waals surface area contributed by atoms with Gasteiger partial charge in [0.2, 0.25) is 5.91 Å². The fraction of sp³-hybridized carbons (Fsp3) is 0.0833. The number of amides is 1. The average molecular weight is 201 g/mol. The lowest BCUT2D eigenvalue weighted by molar-refractivity contribution is -0.117. The molecule has 0 aromatic heterocycles. The predicted octanol–water partition coefficient (Wildman–Crippen LogP) is 1.57. The fourth-order valence-electron chi connectivity index (χ4n) is 1.70. The van der Waals surface area contributed by atoms with Crippen LogP contribution in [-0.4, -0.2) is 11.0 Å². The molecule has 0 radical (unpaired) electrons. The Hall–Kier alpha value is -2.03. The maximum Gasteiger partial charge on any atom is 0.221 e. The first-order chi connectivity index (χ1) is 7.18. The van der Waals surface area contributed by atoms with Crippen molar-refractivity contribution >= 4 is 16.7 Å². The number of rotatable bonds is 2. The van der Waals surface area contributed by atoms with E-state index in [9.17, 15) is 9.90 Å². The summed E-state index contributed by atoms with van der Waals surface area (Å²) in [6, 6.07) is 10.7. The van der Waals surface area contributed by atoms with Gasteiger partial charge in [0.15, 0.2) is 0 Å². The van der Waals surface area contributed by atoms with Gasteiger partial charge in [-0.2, -0.15) is 0 Å². The van der Waals surface area contributed by atoms with E-state index in [1.165, 1.54) is 0 Å². The van der Waals surface area contributed by atoms with Gasteiger partial charge in [-0.1, -0.05) is 30.3 Å². The van der Waals surface area contributed by atoms with Gasteiger partial charge in [0.05, 0.1) is 6.42 Å². The Morgan fingerprint density at radius 1 is 1.13 bits per heavy atom. The molecule has 2 rings (SSSR count). The fourth-order valence-corrected chi connectivity index (χ4v) is 1.70. The van der Waals surface area contributed by atoms with E-state index in [2.05, 4.69) is 0 Å². The van der Waals surface area contributed by atoms with Gasteiger partial charge >= 0.3 is 0 Å². The lowest BCUT2D eigenvalue weighted by atomic mass is 10.0. The van der Waals surface area contributed by atoms with Crippen LogP contribution in [-0.2, 0) is 11.2 Å². The second-order valence-corrected chi connectivity index (χ2v) is 3.43.